The molecule has 0 saturated heterocycles. The smallest absolute Gasteiger partial charge is 0.305 e. The van der Waals surface area contributed by atoms with Crippen molar-refractivity contribution in [1.29, 1.82) is 0 Å². The number of carboxylic acid groups (broad SMARTS) is 1. The highest BCUT2D eigenvalue weighted by molar-refractivity contribution is 7.99. The van der Waals surface area contributed by atoms with Crippen LogP contribution in [0.5, 0.6) is 0 Å². The summed E-state index contributed by atoms with van der Waals surface area (Å²) in [6, 6.07) is 0. The van der Waals surface area contributed by atoms with Crippen molar-refractivity contribution in [2.24, 2.45) is 0 Å². The van der Waals surface area contributed by atoms with Gasteiger partial charge in [0.25, 0.3) is 0 Å². The molecule has 4 nitrogen and oxygen atoms in total. The fraction of sp³-hybridized carbons (Fsp3) is 0.800. The number of rotatable bonds is 8. The van der Waals surface area contributed by atoms with Crippen molar-refractivity contribution >= 4 is 23.6 Å². The summed E-state index contributed by atoms with van der Waals surface area (Å²) in [6.45, 7) is 4.83. The zero-order valence-corrected chi connectivity index (χ0v) is 10.2. The number of nitrogens with zero attached hydrogens (tertiary/aromatic N) is 1. The van der Waals surface area contributed by atoms with Crippen molar-refractivity contribution in [3.63, 3.8) is 0 Å². The van der Waals surface area contributed by atoms with Gasteiger partial charge in [0.1, 0.15) is 0 Å². The first-order valence-corrected chi connectivity index (χ1v) is 6.34. The van der Waals surface area contributed by atoms with Crippen LogP contribution in [0.3, 0.4) is 0 Å². The van der Waals surface area contributed by atoms with Gasteiger partial charge in [-0.1, -0.05) is 6.92 Å². The maximum Gasteiger partial charge on any atom is 0.305 e. The number of hydrogen-bond acceptors (Lipinski definition) is 3. The second-order valence-electron chi connectivity index (χ2n) is 3.06. The van der Waals surface area contributed by atoms with Crippen molar-refractivity contribution in [3.05, 3.63) is 0 Å². The molecule has 0 heterocycles. The summed E-state index contributed by atoms with van der Waals surface area (Å²) in [6.07, 6.45) is 0.534. The van der Waals surface area contributed by atoms with E-state index in [4.69, 9.17) is 5.11 Å². The number of carboxylic acids is 1. The molecule has 0 aromatic heterocycles. The average molecular weight is 233 g/mol. The highest BCUT2D eigenvalue weighted by atomic mass is 32.2. The zero-order chi connectivity index (χ0) is 11.7. The van der Waals surface area contributed by atoms with E-state index in [2.05, 4.69) is 6.92 Å². The van der Waals surface area contributed by atoms with Crippen molar-refractivity contribution in [3.8, 4) is 0 Å². The number of carbonyl (C=O) groups excluding carboxylic acids is 1. The lowest BCUT2D eigenvalue weighted by atomic mass is 10.3. The molecule has 5 heteroatoms. The van der Waals surface area contributed by atoms with Crippen LogP contribution in [-0.2, 0) is 9.59 Å². The number of aliphatic carboxylic acids is 1. The van der Waals surface area contributed by atoms with E-state index in [0.717, 1.165) is 11.5 Å². The lowest BCUT2D eigenvalue weighted by molar-refractivity contribution is -0.138. The molecule has 0 unspecified atom stereocenters. The number of amides is 1. The minimum absolute atomic E-state index is 0.0283. The third kappa shape index (κ3) is 7.25. The molecule has 0 spiro atoms. The molecule has 15 heavy (non-hydrogen) atoms. The fourth-order valence-corrected chi connectivity index (χ4v) is 1.76. The summed E-state index contributed by atoms with van der Waals surface area (Å²) in [5.41, 5.74) is 0. The molecular weight excluding hydrogens is 214 g/mol. The first-order valence-electron chi connectivity index (χ1n) is 5.19. The molecule has 0 aromatic carbocycles. The minimum atomic E-state index is -0.857. The van der Waals surface area contributed by atoms with E-state index in [0.29, 0.717) is 19.5 Å². The van der Waals surface area contributed by atoms with E-state index >= 15 is 0 Å². The van der Waals surface area contributed by atoms with Gasteiger partial charge in [0.2, 0.25) is 5.91 Å². The van der Waals surface area contributed by atoms with Gasteiger partial charge in [-0.25, -0.2) is 0 Å². The average Bonchev–Trinajstić information content (AvgIpc) is 2.18. The maximum absolute atomic E-state index is 11.6. The molecule has 0 aliphatic rings. The molecule has 0 aliphatic carbocycles. The first-order chi connectivity index (χ1) is 7.11. The van der Waals surface area contributed by atoms with Gasteiger partial charge < -0.3 is 10.0 Å². The lowest BCUT2D eigenvalue weighted by Crippen LogP contribution is -2.33. The highest BCUT2D eigenvalue weighted by Gasteiger charge is 2.12. The van der Waals surface area contributed by atoms with Crippen LogP contribution in [-0.4, -0.2) is 46.5 Å². The second kappa shape index (κ2) is 8.59. The first kappa shape index (κ1) is 14.3. The Bertz CT molecular complexity index is 209. The number of hydrogen-bond donors (Lipinski definition) is 1. The third-order valence-corrected chi connectivity index (χ3v) is 2.90. The van der Waals surface area contributed by atoms with Crippen LogP contribution in [0, 0.1) is 0 Å². The Hall–Kier alpha value is -0.710. The van der Waals surface area contributed by atoms with Crippen molar-refractivity contribution in [2.45, 2.75) is 26.7 Å². The van der Waals surface area contributed by atoms with Gasteiger partial charge in [-0.3, -0.25) is 9.59 Å². The van der Waals surface area contributed by atoms with Gasteiger partial charge in [-0.05, 0) is 12.7 Å². The monoisotopic (exact) mass is 233 g/mol. The molecule has 0 bridgehead atoms. The molecule has 0 radical (unpaired) electrons. The van der Waals surface area contributed by atoms with Crippen LogP contribution in [0.1, 0.15) is 26.7 Å². The van der Waals surface area contributed by atoms with Crippen LogP contribution in [0.25, 0.3) is 0 Å². The molecule has 0 saturated carbocycles. The van der Waals surface area contributed by atoms with Gasteiger partial charge >= 0.3 is 5.97 Å². The second-order valence-corrected chi connectivity index (χ2v) is 4.46. The summed E-state index contributed by atoms with van der Waals surface area (Å²) in [7, 11) is 0. The normalized spacial score (nSPS) is 10.0. The highest BCUT2D eigenvalue weighted by Crippen LogP contribution is 2.04. The molecule has 1 amide bonds. The Labute approximate surface area is 95.0 Å². The SMILES string of the molecule is CCSCCC(=O)N(CC)CCC(=O)O. The van der Waals surface area contributed by atoms with Gasteiger partial charge in [-0.15, -0.1) is 0 Å². The quantitative estimate of drug-likeness (QED) is 0.645. The molecule has 0 aromatic rings. The third-order valence-electron chi connectivity index (χ3n) is 1.99. The fourth-order valence-electron chi connectivity index (χ4n) is 1.15. The van der Waals surface area contributed by atoms with E-state index < -0.39 is 5.97 Å². The molecule has 0 fully saturated rings. The molecule has 0 atom stereocenters. The van der Waals surface area contributed by atoms with Crippen molar-refractivity contribution in [2.75, 3.05) is 24.6 Å². The lowest BCUT2D eigenvalue weighted by Gasteiger charge is -2.19. The molecule has 1 N–H and O–H groups in total. The Morgan fingerprint density at radius 1 is 1.27 bits per heavy atom. The van der Waals surface area contributed by atoms with Crippen LogP contribution >= 0.6 is 11.8 Å². The number of thioether (sulfide) groups is 1. The van der Waals surface area contributed by atoms with Gasteiger partial charge in [0.05, 0.1) is 6.42 Å². The zero-order valence-electron chi connectivity index (χ0n) is 9.36. The van der Waals surface area contributed by atoms with Gasteiger partial charge in [-0.2, -0.15) is 11.8 Å². The Balaban J connectivity index is 3.82. The topological polar surface area (TPSA) is 57.6 Å². The Morgan fingerprint density at radius 3 is 2.40 bits per heavy atom. The van der Waals surface area contributed by atoms with Crippen molar-refractivity contribution in [1.82, 2.24) is 4.90 Å². The predicted molar refractivity (Wildman–Crippen MR) is 62.1 cm³/mol. The molecule has 0 aliphatic heterocycles. The summed E-state index contributed by atoms with van der Waals surface area (Å²) in [5.74, 6) is 1.02. The van der Waals surface area contributed by atoms with Gasteiger partial charge in [0.15, 0.2) is 0 Å². The van der Waals surface area contributed by atoms with E-state index in [1.807, 2.05) is 6.92 Å². The van der Waals surface area contributed by atoms with Crippen LogP contribution in [0.2, 0.25) is 0 Å². The largest absolute Gasteiger partial charge is 0.481 e. The van der Waals surface area contributed by atoms with Crippen LogP contribution in [0.4, 0.5) is 0 Å². The van der Waals surface area contributed by atoms with E-state index in [1.54, 1.807) is 16.7 Å². The summed E-state index contributed by atoms with van der Waals surface area (Å²) < 4.78 is 0. The Kier molecular flexibility index (Phi) is 8.18. The summed E-state index contributed by atoms with van der Waals surface area (Å²) in [4.78, 5) is 23.5. The standard InChI is InChI=1S/C10H19NO3S/c1-3-11(7-5-10(13)14)9(12)6-8-15-4-2/h3-8H2,1-2H3,(H,13,14). The minimum Gasteiger partial charge on any atom is -0.481 e. The van der Waals surface area contributed by atoms with E-state index in [9.17, 15) is 9.59 Å². The maximum atomic E-state index is 11.6. The number of carbonyl (C=O) groups is 2. The molecule has 88 valence electrons. The molecular formula is C10H19NO3S. The van der Waals surface area contributed by atoms with Crippen LogP contribution in [0.15, 0.2) is 0 Å². The summed E-state index contributed by atoms with van der Waals surface area (Å²) >= 11 is 1.72. The van der Waals surface area contributed by atoms with E-state index in [1.165, 1.54) is 0 Å². The van der Waals surface area contributed by atoms with Crippen molar-refractivity contribution < 1.29 is 14.7 Å². The van der Waals surface area contributed by atoms with E-state index in [-0.39, 0.29) is 12.3 Å². The van der Waals surface area contributed by atoms with Crippen LogP contribution < -0.4 is 0 Å². The molecule has 0 rings (SSSR count). The van der Waals surface area contributed by atoms with Gasteiger partial charge in [0, 0.05) is 25.3 Å². The Morgan fingerprint density at radius 2 is 1.93 bits per heavy atom. The summed E-state index contributed by atoms with van der Waals surface area (Å²) in [5, 5.41) is 8.51. The predicted octanol–water partition coefficient (Wildman–Crippen LogP) is 1.45.